The van der Waals surface area contributed by atoms with Crippen LogP contribution in [-0.2, 0) is 20.9 Å². The Morgan fingerprint density at radius 1 is 1.17 bits per heavy atom. The fourth-order valence-corrected chi connectivity index (χ4v) is 4.00. The van der Waals surface area contributed by atoms with Crippen LogP contribution in [0.3, 0.4) is 0 Å². The Hall–Kier alpha value is -1.59. The highest BCUT2D eigenvalue weighted by molar-refractivity contribution is 6.30. The number of amides is 1. The maximum absolute atomic E-state index is 12.2. The molecular weight excluding hydrogens is 328 g/mol. The predicted octanol–water partition coefficient (Wildman–Crippen LogP) is 2.18. The summed E-state index contributed by atoms with van der Waals surface area (Å²) in [6.45, 7) is 4.53. The lowest BCUT2D eigenvalue weighted by Crippen LogP contribution is -2.33. The van der Waals surface area contributed by atoms with Crippen molar-refractivity contribution in [3.05, 3.63) is 34.9 Å². The summed E-state index contributed by atoms with van der Waals surface area (Å²) in [5.41, 5.74) is 1.23. The lowest BCUT2D eigenvalue weighted by molar-refractivity contribution is -0.143. The fourth-order valence-electron chi connectivity index (χ4n) is 3.79. The second-order valence-corrected chi connectivity index (χ2v) is 7.16. The molecule has 0 bridgehead atoms. The number of hydrogen-bond donors (Lipinski definition) is 0. The van der Waals surface area contributed by atoms with E-state index >= 15 is 0 Å². The lowest BCUT2D eigenvalue weighted by Gasteiger charge is -2.21. The molecule has 0 spiro atoms. The van der Waals surface area contributed by atoms with Crippen LogP contribution in [0, 0.1) is 11.8 Å². The fraction of sp³-hybridized carbons (Fsp3) is 0.556. The zero-order valence-electron chi connectivity index (χ0n) is 13.9. The number of benzene rings is 1. The molecule has 0 aliphatic carbocycles. The second-order valence-electron chi connectivity index (χ2n) is 6.72. The number of nitrogens with zero attached hydrogens (tertiary/aromatic N) is 2. The summed E-state index contributed by atoms with van der Waals surface area (Å²) in [4.78, 5) is 27.7. The minimum atomic E-state index is -0.324. The number of methoxy groups -OCH3 is 1. The first-order valence-electron chi connectivity index (χ1n) is 8.36. The van der Waals surface area contributed by atoms with Gasteiger partial charge in [-0.05, 0) is 29.5 Å². The molecule has 2 aliphatic rings. The molecule has 2 fully saturated rings. The molecule has 0 aromatic heterocycles. The molecule has 0 radical (unpaired) electrons. The topological polar surface area (TPSA) is 49.9 Å². The summed E-state index contributed by atoms with van der Waals surface area (Å²) in [7, 11) is 1.35. The second kappa shape index (κ2) is 7.53. The lowest BCUT2D eigenvalue weighted by atomic mass is 10.0. The van der Waals surface area contributed by atoms with E-state index in [4.69, 9.17) is 11.6 Å². The molecule has 2 aliphatic heterocycles. The van der Waals surface area contributed by atoms with E-state index in [-0.39, 0.29) is 24.7 Å². The van der Waals surface area contributed by atoms with Gasteiger partial charge in [-0.3, -0.25) is 14.5 Å². The molecule has 0 N–H and O–H groups in total. The Morgan fingerprint density at radius 3 is 2.50 bits per heavy atom. The molecule has 0 saturated carbocycles. The van der Waals surface area contributed by atoms with Crippen molar-refractivity contribution >= 4 is 23.5 Å². The maximum Gasteiger partial charge on any atom is 0.306 e. The molecule has 2 atom stereocenters. The van der Waals surface area contributed by atoms with Crippen molar-refractivity contribution in [1.82, 2.24) is 9.80 Å². The maximum atomic E-state index is 12.2. The molecular formula is C18H23ClN2O3. The van der Waals surface area contributed by atoms with Gasteiger partial charge < -0.3 is 9.64 Å². The number of rotatable bonds is 5. The van der Waals surface area contributed by atoms with Crippen molar-refractivity contribution < 1.29 is 14.3 Å². The first-order valence-corrected chi connectivity index (χ1v) is 8.74. The summed E-state index contributed by atoms with van der Waals surface area (Å²) >= 11 is 6.05. The average Bonchev–Trinajstić information content (AvgIpc) is 3.10. The molecule has 2 unspecified atom stereocenters. The van der Waals surface area contributed by atoms with Gasteiger partial charge in [-0.15, -0.1) is 0 Å². The minimum Gasteiger partial charge on any atom is -0.469 e. The quantitative estimate of drug-likeness (QED) is 0.764. The van der Waals surface area contributed by atoms with E-state index in [0.717, 1.165) is 37.7 Å². The van der Waals surface area contributed by atoms with Gasteiger partial charge in [0.1, 0.15) is 0 Å². The van der Waals surface area contributed by atoms with Crippen LogP contribution in [-0.4, -0.2) is 55.0 Å². The highest BCUT2D eigenvalue weighted by Gasteiger charge is 2.41. The van der Waals surface area contributed by atoms with Crippen molar-refractivity contribution in [2.75, 3.05) is 33.3 Å². The van der Waals surface area contributed by atoms with Crippen LogP contribution >= 0.6 is 11.6 Å². The number of hydrogen-bond acceptors (Lipinski definition) is 4. The van der Waals surface area contributed by atoms with Gasteiger partial charge in [0.05, 0.1) is 13.5 Å². The van der Waals surface area contributed by atoms with Gasteiger partial charge in [0.2, 0.25) is 5.91 Å². The van der Waals surface area contributed by atoms with Gasteiger partial charge in [-0.2, -0.15) is 0 Å². The van der Waals surface area contributed by atoms with Crippen LogP contribution < -0.4 is 0 Å². The standard InChI is InChI=1S/C18H23ClN2O3/c1-24-18(23)6-5-17(22)21-11-14-9-20(10-15(14)12-21)8-13-3-2-4-16(19)7-13/h2-4,7,14-15H,5-6,8-12H2,1H3. The molecule has 1 amide bonds. The first-order chi connectivity index (χ1) is 11.5. The third-order valence-corrected chi connectivity index (χ3v) is 5.22. The Bertz CT molecular complexity index is 608. The van der Waals surface area contributed by atoms with Crippen molar-refractivity contribution in [3.8, 4) is 0 Å². The van der Waals surface area contributed by atoms with Gasteiger partial charge in [0.15, 0.2) is 0 Å². The van der Waals surface area contributed by atoms with Crippen molar-refractivity contribution in [3.63, 3.8) is 0 Å². The molecule has 3 rings (SSSR count). The van der Waals surface area contributed by atoms with E-state index in [9.17, 15) is 9.59 Å². The van der Waals surface area contributed by atoms with Crippen LogP contribution in [0.1, 0.15) is 18.4 Å². The Kier molecular flexibility index (Phi) is 5.41. The smallest absolute Gasteiger partial charge is 0.306 e. The number of carbonyl (C=O) groups is 2. The number of ether oxygens (including phenoxy) is 1. The van der Waals surface area contributed by atoms with E-state index in [1.165, 1.54) is 12.7 Å². The average molecular weight is 351 g/mol. The summed E-state index contributed by atoms with van der Waals surface area (Å²) in [5.74, 6) is 0.809. The van der Waals surface area contributed by atoms with Crippen molar-refractivity contribution in [2.45, 2.75) is 19.4 Å². The summed E-state index contributed by atoms with van der Waals surface area (Å²) in [5, 5.41) is 0.772. The predicted molar refractivity (Wildman–Crippen MR) is 91.5 cm³/mol. The monoisotopic (exact) mass is 350 g/mol. The van der Waals surface area contributed by atoms with Gasteiger partial charge in [0.25, 0.3) is 0 Å². The van der Waals surface area contributed by atoms with Crippen LogP contribution in [0.2, 0.25) is 5.02 Å². The molecule has 130 valence electrons. The highest BCUT2D eigenvalue weighted by atomic mass is 35.5. The molecule has 5 nitrogen and oxygen atoms in total. The van der Waals surface area contributed by atoms with Crippen LogP contribution in [0.4, 0.5) is 0 Å². The van der Waals surface area contributed by atoms with Crippen molar-refractivity contribution in [2.24, 2.45) is 11.8 Å². The van der Waals surface area contributed by atoms with Gasteiger partial charge in [-0.1, -0.05) is 23.7 Å². The molecule has 2 heterocycles. The summed E-state index contributed by atoms with van der Waals surface area (Å²) in [6, 6.07) is 7.98. The molecule has 24 heavy (non-hydrogen) atoms. The third kappa shape index (κ3) is 4.08. The molecule has 1 aromatic rings. The largest absolute Gasteiger partial charge is 0.469 e. The van der Waals surface area contributed by atoms with Gasteiger partial charge >= 0.3 is 5.97 Å². The van der Waals surface area contributed by atoms with Crippen molar-refractivity contribution in [1.29, 1.82) is 0 Å². The third-order valence-electron chi connectivity index (χ3n) is 4.98. The molecule has 6 heteroatoms. The Morgan fingerprint density at radius 2 is 1.88 bits per heavy atom. The number of fused-ring (bicyclic) bond motifs is 1. The Balaban J connectivity index is 1.47. The zero-order valence-corrected chi connectivity index (χ0v) is 14.7. The van der Waals surface area contributed by atoms with E-state index in [1.807, 2.05) is 23.1 Å². The van der Waals surface area contributed by atoms with Crippen LogP contribution in [0.5, 0.6) is 0 Å². The van der Waals surface area contributed by atoms with Gasteiger partial charge in [-0.25, -0.2) is 0 Å². The van der Waals surface area contributed by atoms with Crippen LogP contribution in [0.15, 0.2) is 24.3 Å². The van der Waals surface area contributed by atoms with E-state index in [2.05, 4.69) is 15.7 Å². The highest BCUT2D eigenvalue weighted by Crippen LogP contribution is 2.32. The number of likely N-dealkylation sites (tertiary alicyclic amines) is 2. The van der Waals surface area contributed by atoms with Crippen LogP contribution in [0.25, 0.3) is 0 Å². The Labute approximate surface area is 147 Å². The first kappa shape index (κ1) is 17.2. The van der Waals surface area contributed by atoms with E-state index in [0.29, 0.717) is 11.8 Å². The molecule has 1 aromatic carbocycles. The summed E-state index contributed by atoms with van der Waals surface area (Å²) < 4.78 is 4.59. The SMILES string of the molecule is COC(=O)CCC(=O)N1CC2CN(Cc3cccc(Cl)c3)CC2C1. The van der Waals surface area contributed by atoms with E-state index in [1.54, 1.807) is 0 Å². The minimum absolute atomic E-state index is 0.0659. The number of esters is 1. The number of halogens is 1. The summed E-state index contributed by atoms with van der Waals surface area (Å²) in [6.07, 6.45) is 0.417. The normalized spacial score (nSPS) is 23.3. The van der Waals surface area contributed by atoms with E-state index < -0.39 is 0 Å². The molecule has 2 saturated heterocycles. The van der Waals surface area contributed by atoms with Gasteiger partial charge in [0, 0.05) is 44.2 Å². The zero-order chi connectivity index (χ0) is 17.1. The number of carbonyl (C=O) groups excluding carboxylic acids is 2.